The minimum absolute atomic E-state index is 0.00945. The third-order valence-corrected chi connectivity index (χ3v) is 10.3. The molecule has 1 aliphatic carbocycles. The monoisotopic (exact) mass is 591 g/mol. The number of phenols is 1. The molecular weight excluding hydrogens is 560 g/mol. The Hall–Kier alpha value is -3.30. The van der Waals surface area contributed by atoms with Crippen molar-refractivity contribution in [3.63, 3.8) is 0 Å². The molecule has 42 heavy (non-hydrogen) atoms. The van der Waals surface area contributed by atoms with E-state index in [0.717, 1.165) is 43.7 Å². The Morgan fingerprint density at radius 3 is 2.76 bits per heavy atom. The lowest BCUT2D eigenvalue weighted by Gasteiger charge is -2.34. The topological polar surface area (TPSA) is 74.6 Å². The van der Waals surface area contributed by atoms with Crippen molar-refractivity contribution in [2.75, 3.05) is 37.7 Å². The first kappa shape index (κ1) is 26.3. The van der Waals surface area contributed by atoms with Gasteiger partial charge in [0.2, 0.25) is 5.88 Å². The minimum atomic E-state index is -0.832. The van der Waals surface area contributed by atoms with E-state index in [4.69, 9.17) is 26.3 Å². The quantitative estimate of drug-likeness (QED) is 0.283. The molecule has 4 atom stereocenters. The van der Waals surface area contributed by atoms with E-state index >= 15 is 0 Å². The second-order valence-corrected chi connectivity index (χ2v) is 13.1. The van der Waals surface area contributed by atoms with Gasteiger partial charge in [-0.1, -0.05) is 17.7 Å². The van der Waals surface area contributed by atoms with Crippen LogP contribution in [0.1, 0.15) is 38.5 Å². The number of aromatic nitrogens is 3. The molecule has 2 aromatic carbocycles. The van der Waals surface area contributed by atoms with Crippen LogP contribution < -0.4 is 9.64 Å². The molecule has 0 spiro atoms. The number of alkyl halides is 1. The Labute approximate surface area is 247 Å². The molecule has 218 valence electrons. The average Bonchev–Trinajstić information content (AvgIpc) is 3.63. The Morgan fingerprint density at radius 1 is 1.10 bits per heavy atom. The molecule has 4 aromatic rings. The van der Waals surface area contributed by atoms with Crippen LogP contribution >= 0.6 is 11.6 Å². The van der Waals surface area contributed by atoms with E-state index in [0.29, 0.717) is 65.0 Å². The van der Waals surface area contributed by atoms with Gasteiger partial charge < -0.3 is 14.7 Å². The summed E-state index contributed by atoms with van der Waals surface area (Å²) in [4.78, 5) is 19.2. The first-order valence-corrected chi connectivity index (χ1v) is 15.3. The number of nitrogens with zero attached hydrogens (tertiary/aromatic N) is 5. The summed E-state index contributed by atoms with van der Waals surface area (Å²) >= 11 is 6.41. The maximum atomic E-state index is 14.5. The number of anilines is 1. The Bertz CT molecular complexity index is 1710. The number of fused-ring (bicyclic) bond motifs is 5. The van der Waals surface area contributed by atoms with Gasteiger partial charge in [0.15, 0.2) is 5.82 Å². The predicted octanol–water partition coefficient (Wildman–Crippen LogP) is 6.53. The van der Waals surface area contributed by atoms with Gasteiger partial charge in [0, 0.05) is 49.3 Å². The number of aromatic hydroxyl groups is 1. The van der Waals surface area contributed by atoms with Crippen LogP contribution in [-0.4, -0.2) is 69.5 Å². The lowest BCUT2D eigenvalue weighted by Crippen LogP contribution is -2.43. The van der Waals surface area contributed by atoms with Gasteiger partial charge in [0.05, 0.1) is 21.5 Å². The van der Waals surface area contributed by atoms with Gasteiger partial charge in [-0.3, -0.25) is 4.90 Å². The smallest absolute Gasteiger partial charge is 0.217 e. The average molecular weight is 592 g/mol. The summed E-state index contributed by atoms with van der Waals surface area (Å²) in [6.07, 6.45) is 7.10. The zero-order chi connectivity index (χ0) is 28.6. The number of ether oxygens (including phenoxy) is 1. The minimum Gasteiger partial charge on any atom is -0.508 e. The molecule has 1 N–H and O–H groups in total. The normalized spacial score (nSPS) is 27.3. The highest BCUT2D eigenvalue weighted by molar-refractivity contribution is 6.36. The lowest BCUT2D eigenvalue weighted by atomic mass is 9.95. The van der Waals surface area contributed by atoms with Crippen LogP contribution in [-0.2, 0) is 0 Å². The molecule has 0 amide bonds. The van der Waals surface area contributed by atoms with Crippen molar-refractivity contribution >= 4 is 39.1 Å². The zero-order valence-corrected chi connectivity index (χ0v) is 24.0. The highest BCUT2D eigenvalue weighted by Gasteiger charge is 2.49. The van der Waals surface area contributed by atoms with Gasteiger partial charge in [-0.25, -0.2) is 18.7 Å². The fourth-order valence-corrected chi connectivity index (χ4v) is 8.30. The molecule has 3 aliphatic heterocycles. The van der Waals surface area contributed by atoms with Crippen molar-refractivity contribution < 1.29 is 18.6 Å². The molecule has 7 nitrogen and oxygen atoms in total. The SMILES string of the molecule is Oc1cc(-c2ncc3c(N4CC5CCC(C5)C4)nc(OC[C@@]45CCCN4C[C@H](F)C5)cc3n2)c2c(Cl)c(F)ccc2c1. The molecule has 4 fully saturated rings. The molecule has 10 heteroatoms. The van der Waals surface area contributed by atoms with Crippen LogP contribution in [0, 0.1) is 17.7 Å². The number of hydrogen-bond acceptors (Lipinski definition) is 7. The van der Waals surface area contributed by atoms with Gasteiger partial charge in [0.25, 0.3) is 0 Å². The molecule has 1 saturated carbocycles. The second-order valence-electron chi connectivity index (χ2n) is 12.7. The molecule has 0 radical (unpaired) electrons. The number of pyridine rings is 1. The van der Waals surface area contributed by atoms with E-state index in [1.807, 2.05) is 6.07 Å². The first-order chi connectivity index (χ1) is 20.3. The van der Waals surface area contributed by atoms with E-state index < -0.39 is 12.0 Å². The fourth-order valence-electron chi connectivity index (χ4n) is 8.03. The van der Waals surface area contributed by atoms with Crippen LogP contribution in [0.4, 0.5) is 14.6 Å². The maximum Gasteiger partial charge on any atom is 0.217 e. The summed E-state index contributed by atoms with van der Waals surface area (Å²) in [7, 11) is 0. The number of rotatable bonds is 5. The summed E-state index contributed by atoms with van der Waals surface area (Å²) in [5.41, 5.74) is 0.782. The molecule has 5 heterocycles. The van der Waals surface area contributed by atoms with Crippen molar-refractivity contribution in [3.05, 3.63) is 47.4 Å². The van der Waals surface area contributed by atoms with E-state index in [9.17, 15) is 13.9 Å². The van der Waals surface area contributed by atoms with E-state index in [1.165, 1.54) is 31.4 Å². The fraction of sp³-hybridized carbons (Fsp3) is 0.469. The van der Waals surface area contributed by atoms with Gasteiger partial charge in [-0.15, -0.1) is 0 Å². The highest BCUT2D eigenvalue weighted by Crippen LogP contribution is 2.43. The molecule has 3 saturated heterocycles. The summed E-state index contributed by atoms with van der Waals surface area (Å²) in [6.45, 7) is 3.59. The summed E-state index contributed by atoms with van der Waals surface area (Å²) in [5, 5.41) is 12.3. The lowest BCUT2D eigenvalue weighted by molar-refractivity contribution is 0.111. The third-order valence-electron chi connectivity index (χ3n) is 9.92. The number of halogens is 3. The number of phenolic OH excluding ortho intramolecular Hbond substituents is 1. The van der Waals surface area contributed by atoms with E-state index in [1.54, 1.807) is 18.3 Å². The Morgan fingerprint density at radius 2 is 1.93 bits per heavy atom. The van der Waals surface area contributed by atoms with Crippen LogP contribution in [0.3, 0.4) is 0 Å². The van der Waals surface area contributed by atoms with Crippen molar-refractivity contribution in [2.45, 2.75) is 50.2 Å². The van der Waals surface area contributed by atoms with Crippen molar-refractivity contribution in [3.8, 4) is 23.0 Å². The molecule has 2 bridgehead atoms. The Kier molecular flexibility index (Phi) is 6.19. The van der Waals surface area contributed by atoms with Crippen molar-refractivity contribution in [1.82, 2.24) is 19.9 Å². The number of benzene rings is 2. The van der Waals surface area contributed by atoms with E-state index in [2.05, 4.69) is 14.8 Å². The Balaban J connectivity index is 1.23. The van der Waals surface area contributed by atoms with Gasteiger partial charge in [-0.2, -0.15) is 4.98 Å². The van der Waals surface area contributed by atoms with Gasteiger partial charge >= 0.3 is 0 Å². The summed E-state index contributed by atoms with van der Waals surface area (Å²) < 4.78 is 35.3. The van der Waals surface area contributed by atoms with Crippen LogP contribution in [0.15, 0.2) is 36.5 Å². The molecule has 4 aliphatic rings. The first-order valence-electron chi connectivity index (χ1n) is 14.9. The largest absolute Gasteiger partial charge is 0.508 e. The van der Waals surface area contributed by atoms with Gasteiger partial charge in [-0.05, 0) is 74.1 Å². The van der Waals surface area contributed by atoms with E-state index in [-0.39, 0.29) is 16.3 Å². The molecule has 8 rings (SSSR count). The maximum absolute atomic E-state index is 14.5. The van der Waals surface area contributed by atoms with Crippen LogP contribution in [0.5, 0.6) is 11.6 Å². The highest BCUT2D eigenvalue weighted by atomic mass is 35.5. The molecule has 2 unspecified atom stereocenters. The molecule has 2 aromatic heterocycles. The number of piperidine rings is 1. The summed E-state index contributed by atoms with van der Waals surface area (Å²) in [6, 6.07) is 7.73. The van der Waals surface area contributed by atoms with Crippen LogP contribution in [0.2, 0.25) is 5.02 Å². The summed E-state index contributed by atoms with van der Waals surface area (Å²) in [5.74, 6) is 2.31. The molecular formula is C32H32ClF2N5O2. The van der Waals surface area contributed by atoms with Crippen molar-refractivity contribution in [2.24, 2.45) is 11.8 Å². The third kappa shape index (κ3) is 4.35. The zero-order valence-electron chi connectivity index (χ0n) is 23.2. The predicted molar refractivity (Wildman–Crippen MR) is 158 cm³/mol. The second kappa shape index (κ2) is 9.88. The van der Waals surface area contributed by atoms with Crippen LogP contribution in [0.25, 0.3) is 33.1 Å². The van der Waals surface area contributed by atoms with Crippen molar-refractivity contribution in [1.29, 1.82) is 0 Å². The van der Waals surface area contributed by atoms with Gasteiger partial charge in [0.1, 0.15) is 30.2 Å². The standard InChI is InChI=1S/C32H32ClF2N5O2/c33-29-25(35)5-4-20-9-22(41)10-23(28(20)29)30-36-13-24-26(37-30)11-27(38-31(24)39-14-18-2-3-19(8-18)15-39)42-17-32-6-1-7-40(32)16-21(34)12-32/h4-5,9-11,13,18-19,21,41H,1-3,6-8,12,14-17H2/t18?,19?,21-,32+/m1/s1. The number of hydrogen-bond donors (Lipinski definition) is 1.